The molecule has 0 saturated carbocycles. The van der Waals surface area contributed by atoms with Gasteiger partial charge in [0.15, 0.2) is 17.1 Å². The van der Waals surface area contributed by atoms with Crippen molar-refractivity contribution in [1.82, 2.24) is 14.4 Å². The quantitative estimate of drug-likeness (QED) is 0.0941. The van der Waals surface area contributed by atoms with Crippen LogP contribution in [0.2, 0.25) is 0 Å². The molecule has 0 spiro atoms. The minimum absolute atomic E-state index is 0.0117. The number of thioether (sulfide) groups is 1. The van der Waals surface area contributed by atoms with E-state index in [-0.39, 0.29) is 32.1 Å². The molecule has 0 unspecified atom stereocenters. The summed E-state index contributed by atoms with van der Waals surface area (Å²) in [4.78, 5) is 29.3. The van der Waals surface area contributed by atoms with Crippen LogP contribution in [0.1, 0.15) is 56.9 Å². The Morgan fingerprint density at radius 1 is 1.04 bits per heavy atom. The van der Waals surface area contributed by atoms with E-state index in [2.05, 4.69) is 4.74 Å². The average molecular weight is 766 g/mol. The van der Waals surface area contributed by atoms with Gasteiger partial charge in [0.2, 0.25) is 5.91 Å². The van der Waals surface area contributed by atoms with Crippen LogP contribution in [-0.2, 0) is 34.6 Å². The zero-order chi connectivity index (χ0) is 51.8. The third-order valence-corrected chi connectivity index (χ3v) is 9.07. The minimum atomic E-state index is -4.65. The Balaban J connectivity index is 1.57. The molecule has 1 aliphatic heterocycles. The van der Waals surface area contributed by atoms with Gasteiger partial charge < -0.3 is 19.1 Å². The summed E-state index contributed by atoms with van der Waals surface area (Å²) in [5, 5.41) is -1.23. The molecule has 6 rings (SSSR count). The Morgan fingerprint density at radius 3 is 2.42 bits per heavy atom. The standard InChI is InChI=1S/C41H40F5N3O3S/c1-27-6-15-36-34(22-27)37(50)23-39(53-26-31-4-3-5-35(42)40(31)43)49(36)25-38(51)48(33-16-18-47(19-17-33)20-21-52-2)24-28-7-9-29(10-8-28)30-11-13-32(14-12-30)41(44,45)46/h3-15,22-23,33H,16-21,24-26H2,1-2H3/i2D3,6D,15D,16D2,17D2,18D2,19D2,22D,23D,33D. The first-order chi connectivity index (χ1) is 31.6. The summed E-state index contributed by atoms with van der Waals surface area (Å²) >= 11 is 0.462. The normalized spacial score (nSPS) is 23.2. The van der Waals surface area contributed by atoms with Crippen LogP contribution in [0.3, 0.4) is 0 Å². The Hall–Kier alpha value is -4.52. The molecule has 0 radical (unpaired) electrons. The highest BCUT2D eigenvalue weighted by molar-refractivity contribution is 7.98. The number of halogens is 5. The van der Waals surface area contributed by atoms with E-state index in [1.165, 1.54) is 31.2 Å². The number of hydrogen-bond donors (Lipinski definition) is 0. The van der Waals surface area contributed by atoms with E-state index in [1.54, 1.807) is 0 Å². The van der Waals surface area contributed by atoms with E-state index < -0.39 is 146 Å². The molecular weight excluding hydrogens is 710 g/mol. The van der Waals surface area contributed by atoms with Gasteiger partial charge in [0.05, 0.1) is 33.7 Å². The predicted molar refractivity (Wildman–Crippen MR) is 198 cm³/mol. The highest BCUT2D eigenvalue weighted by atomic mass is 32.2. The number of fused-ring (bicyclic) bond motifs is 1. The Labute approximate surface area is 331 Å². The van der Waals surface area contributed by atoms with Gasteiger partial charge in [-0.3, -0.25) is 9.59 Å². The highest BCUT2D eigenvalue weighted by Gasteiger charge is 2.31. The van der Waals surface area contributed by atoms with Crippen molar-refractivity contribution in [3.8, 4) is 11.1 Å². The maximum absolute atomic E-state index is 15.3. The van der Waals surface area contributed by atoms with E-state index in [4.69, 9.17) is 15.1 Å². The predicted octanol–water partition coefficient (Wildman–Crippen LogP) is 8.71. The molecular formula is C41H40F5N3O3S. The second-order valence-corrected chi connectivity index (χ2v) is 12.6. The van der Waals surface area contributed by atoms with E-state index in [1.807, 2.05) is 0 Å². The average Bonchev–Trinajstić information content (AvgIpc) is 3.26. The Kier molecular flexibility index (Phi) is 7.11. The van der Waals surface area contributed by atoms with Gasteiger partial charge in [-0.25, -0.2) is 8.78 Å². The van der Waals surface area contributed by atoms with Crippen LogP contribution in [-0.4, -0.2) is 59.5 Å². The van der Waals surface area contributed by atoms with Crippen molar-refractivity contribution in [3.05, 3.63) is 135 Å². The molecule has 5 aromatic rings. The largest absolute Gasteiger partial charge is 0.416 e. The number of carbonyl (C=O) groups excluding carboxylic acids is 1. The van der Waals surface area contributed by atoms with Gasteiger partial charge in [0, 0.05) is 72.9 Å². The van der Waals surface area contributed by atoms with Crippen molar-refractivity contribution < 1.29 is 53.4 Å². The third kappa shape index (κ3) is 9.17. The lowest BCUT2D eigenvalue weighted by Crippen LogP contribution is -2.48. The molecule has 1 fully saturated rings. The SMILES string of the molecule is [2H]c1c(C)c([2H])c2c(=O)c([2H])c(SCc3cccc(F)c3F)n(CC(=O)N(Cc3ccc(-c4ccc(C(F)(F)F)cc4)cc3)C3([2H])C([2H])([2H])C([2H])([2H])N(CCOC([2H])([2H])[2H])C([2H])([2H])C3([2H])[2H])c2c1[2H]. The van der Waals surface area contributed by atoms with E-state index in [0.717, 1.165) is 47.0 Å². The summed E-state index contributed by atoms with van der Waals surface area (Å²) in [5.41, 5.74) is -2.80. The number of alkyl halides is 3. The summed E-state index contributed by atoms with van der Waals surface area (Å²) in [6.07, 6.45) is -12.7. The number of benzene rings is 4. The van der Waals surface area contributed by atoms with Gasteiger partial charge in [-0.1, -0.05) is 60.1 Å². The number of piperidine rings is 1. The minimum Gasteiger partial charge on any atom is -0.383 e. The van der Waals surface area contributed by atoms with Crippen LogP contribution >= 0.6 is 11.8 Å². The molecule has 0 N–H and O–H groups in total. The molecule has 278 valence electrons. The fourth-order valence-electron chi connectivity index (χ4n) is 5.29. The van der Waals surface area contributed by atoms with E-state index in [0.29, 0.717) is 17.3 Å². The van der Waals surface area contributed by atoms with Crippen molar-refractivity contribution in [2.45, 2.75) is 55.7 Å². The molecule has 6 nitrogen and oxygen atoms in total. The number of amides is 1. The lowest BCUT2D eigenvalue weighted by molar-refractivity contribution is -0.137. The van der Waals surface area contributed by atoms with Gasteiger partial charge in [-0.15, -0.1) is 11.8 Å². The molecule has 1 aromatic heterocycles. The molecule has 4 aromatic carbocycles. The Bertz CT molecular complexity index is 2840. The topological polar surface area (TPSA) is 54.8 Å². The highest BCUT2D eigenvalue weighted by Crippen LogP contribution is 2.32. The molecule has 0 aliphatic carbocycles. The first-order valence-corrected chi connectivity index (χ1v) is 16.8. The number of aromatic nitrogens is 1. The zero-order valence-corrected chi connectivity index (χ0v) is 28.6. The van der Waals surface area contributed by atoms with Crippen LogP contribution in [0.25, 0.3) is 22.0 Å². The fraction of sp³-hybridized carbons (Fsp3) is 0.317. The summed E-state index contributed by atoms with van der Waals surface area (Å²) in [5.74, 6) is -4.72. The molecule has 0 bridgehead atoms. The third-order valence-electron chi connectivity index (χ3n) is 8.02. The van der Waals surface area contributed by atoms with E-state index in [9.17, 15) is 33.6 Å². The van der Waals surface area contributed by atoms with Gasteiger partial charge >= 0.3 is 6.18 Å². The number of hydrogen-bond acceptors (Lipinski definition) is 5. The van der Waals surface area contributed by atoms with Crippen molar-refractivity contribution in [1.29, 1.82) is 0 Å². The van der Waals surface area contributed by atoms with E-state index >= 15 is 4.79 Å². The second-order valence-electron chi connectivity index (χ2n) is 11.6. The van der Waals surface area contributed by atoms with Gasteiger partial charge in [0.25, 0.3) is 0 Å². The lowest BCUT2D eigenvalue weighted by Gasteiger charge is -2.39. The van der Waals surface area contributed by atoms with Crippen molar-refractivity contribution >= 4 is 28.6 Å². The molecule has 1 saturated heterocycles. The van der Waals surface area contributed by atoms with Crippen LogP contribution in [0.15, 0.2) is 101 Å². The number of likely N-dealkylation sites (tertiary alicyclic amines) is 1. The van der Waals surface area contributed by atoms with Crippen LogP contribution in [0, 0.1) is 18.6 Å². The monoisotopic (exact) mass is 765 g/mol. The number of carbonyl (C=O) groups is 1. The first kappa shape index (κ1) is 22.6. The van der Waals surface area contributed by atoms with Crippen LogP contribution in [0.5, 0.6) is 0 Å². The van der Waals surface area contributed by atoms with Gasteiger partial charge in [-0.05, 0) is 66.6 Å². The number of rotatable bonds is 12. The molecule has 53 heavy (non-hydrogen) atoms. The second kappa shape index (κ2) is 16.7. The van der Waals surface area contributed by atoms with Crippen LogP contribution < -0.4 is 5.43 Å². The number of ether oxygens (including phenoxy) is 1. The lowest BCUT2D eigenvalue weighted by atomic mass is 10.00. The molecule has 1 amide bonds. The first-order valence-electron chi connectivity index (χ1n) is 23.8. The zero-order valence-electron chi connectivity index (χ0n) is 43.8. The van der Waals surface area contributed by atoms with Gasteiger partial charge in [-0.2, -0.15) is 13.2 Å². The molecule has 2 heterocycles. The Morgan fingerprint density at radius 2 is 1.74 bits per heavy atom. The van der Waals surface area contributed by atoms with Gasteiger partial charge in [0.1, 0.15) is 6.54 Å². The maximum atomic E-state index is 15.3. The van der Waals surface area contributed by atoms with Crippen LogP contribution in [0.4, 0.5) is 22.0 Å². The number of methoxy groups -OCH3 is 1. The fourth-order valence-corrected chi connectivity index (χ4v) is 6.28. The number of pyridine rings is 1. The molecule has 1 aliphatic rings. The number of nitrogens with zero attached hydrogens (tertiary/aromatic N) is 3. The summed E-state index contributed by atoms with van der Waals surface area (Å²) in [7, 11) is -3.11. The maximum Gasteiger partial charge on any atom is 0.416 e. The molecule has 12 heteroatoms. The van der Waals surface area contributed by atoms with Crippen molar-refractivity contribution in [2.24, 2.45) is 0 Å². The summed E-state index contributed by atoms with van der Waals surface area (Å²) < 4.78 is 214. The smallest absolute Gasteiger partial charge is 0.383 e. The summed E-state index contributed by atoms with van der Waals surface area (Å²) in [6, 6.07) is 5.24. The van der Waals surface area contributed by atoms with Crippen molar-refractivity contribution in [2.75, 3.05) is 33.2 Å². The van der Waals surface area contributed by atoms with Crippen molar-refractivity contribution in [3.63, 3.8) is 0 Å². The summed E-state index contributed by atoms with van der Waals surface area (Å²) in [6.45, 7) is -10.9. The molecule has 0 atom stereocenters.